The second-order valence-corrected chi connectivity index (χ2v) is 10.2. The molecule has 2 bridgehead atoms. The van der Waals surface area contributed by atoms with Gasteiger partial charge in [0.15, 0.2) is 0 Å². The van der Waals surface area contributed by atoms with Crippen molar-refractivity contribution in [2.24, 2.45) is 23.7 Å². The summed E-state index contributed by atoms with van der Waals surface area (Å²) in [5.74, 6) is -0.687. The Labute approximate surface area is 203 Å². The van der Waals surface area contributed by atoms with Gasteiger partial charge in [-0.3, -0.25) is 14.4 Å². The van der Waals surface area contributed by atoms with Crippen LogP contribution >= 0.6 is 11.6 Å². The molecule has 6 rings (SSSR count). The summed E-state index contributed by atoms with van der Waals surface area (Å²) in [6.45, 7) is 2.67. The van der Waals surface area contributed by atoms with Crippen LogP contribution in [0.3, 0.4) is 0 Å². The summed E-state index contributed by atoms with van der Waals surface area (Å²) in [5, 5.41) is 3.66. The standard InChI is InChI=1S/C26H26ClN3O4/c27-17-4-2-6-19(14-17)29-7-9-30(10-8-29)25(32)15-3-1-5-18(11-15)28-24(31)22-16-12-20-21(13-16)34-26(33)23(20)22/h1-6,11,14,16,20-23H,7-10,12-13H2,(H,28,31). The number of rotatable bonds is 4. The van der Waals surface area contributed by atoms with E-state index in [1.807, 2.05) is 29.2 Å². The molecule has 7 nitrogen and oxygen atoms in total. The summed E-state index contributed by atoms with van der Waals surface area (Å²) in [6, 6.07) is 14.8. The molecule has 0 spiro atoms. The first-order valence-electron chi connectivity index (χ1n) is 11.9. The minimum atomic E-state index is -0.338. The van der Waals surface area contributed by atoms with E-state index in [-0.39, 0.29) is 47.6 Å². The Hall–Kier alpha value is -3.06. The van der Waals surface area contributed by atoms with Gasteiger partial charge >= 0.3 is 5.97 Å². The van der Waals surface area contributed by atoms with E-state index in [9.17, 15) is 14.4 Å². The fourth-order valence-corrected chi connectivity index (χ4v) is 6.53. The Morgan fingerprint density at radius 1 is 1.00 bits per heavy atom. The van der Waals surface area contributed by atoms with Crippen LogP contribution in [-0.4, -0.2) is 55.0 Å². The molecule has 0 radical (unpaired) electrons. The number of carbonyl (C=O) groups is 3. The van der Waals surface area contributed by atoms with E-state index in [4.69, 9.17) is 16.3 Å². The summed E-state index contributed by atoms with van der Waals surface area (Å²) in [5.41, 5.74) is 2.18. The van der Waals surface area contributed by atoms with Gasteiger partial charge in [0.05, 0.1) is 11.8 Å². The molecule has 4 fully saturated rings. The largest absolute Gasteiger partial charge is 0.462 e. The zero-order chi connectivity index (χ0) is 23.4. The maximum Gasteiger partial charge on any atom is 0.310 e. The van der Waals surface area contributed by atoms with Crippen LogP contribution in [0.15, 0.2) is 48.5 Å². The van der Waals surface area contributed by atoms with Crippen molar-refractivity contribution in [1.82, 2.24) is 4.90 Å². The average molecular weight is 480 g/mol. The highest BCUT2D eigenvalue weighted by Crippen LogP contribution is 2.57. The van der Waals surface area contributed by atoms with Crippen LogP contribution in [0.4, 0.5) is 11.4 Å². The Bertz CT molecular complexity index is 1160. The molecule has 2 amide bonds. The second kappa shape index (κ2) is 8.31. The van der Waals surface area contributed by atoms with Gasteiger partial charge in [0.2, 0.25) is 5.91 Å². The van der Waals surface area contributed by atoms with E-state index in [2.05, 4.69) is 10.2 Å². The number of hydrogen-bond acceptors (Lipinski definition) is 5. The highest BCUT2D eigenvalue weighted by atomic mass is 35.5. The Morgan fingerprint density at radius 3 is 2.59 bits per heavy atom. The lowest BCUT2D eigenvalue weighted by Crippen LogP contribution is -2.48. The normalized spacial score (nSPS) is 29.3. The Kier molecular flexibility index (Phi) is 5.25. The molecule has 2 heterocycles. The molecule has 2 saturated heterocycles. The van der Waals surface area contributed by atoms with E-state index < -0.39 is 0 Å². The summed E-state index contributed by atoms with van der Waals surface area (Å²) in [6.07, 6.45) is 1.68. The zero-order valence-electron chi connectivity index (χ0n) is 18.7. The van der Waals surface area contributed by atoms with E-state index >= 15 is 0 Å². The molecule has 34 heavy (non-hydrogen) atoms. The van der Waals surface area contributed by atoms with Crippen LogP contribution in [0.1, 0.15) is 23.2 Å². The van der Waals surface area contributed by atoms with Gasteiger partial charge < -0.3 is 19.9 Å². The van der Waals surface area contributed by atoms with Gasteiger partial charge in [-0.15, -0.1) is 0 Å². The number of piperazine rings is 1. The molecular weight excluding hydrogens is 454 g/mol. The van der Waals surface area contributed by atoms with E-state index in [1.54, 1.807) is 24.3 Å². The number of carbonyl (C=O) groups excluding carboxylic acids is 3. The van der Waals surface area contributed by atoms with Gasteiger partial charge in [0.1, 0.15) is 6.10 Å². The van der Waals surface area contributed by atoms with Crippen LogP contribution in [0, 0.1) is 23.7 Å². The first-order valence-corrected chi connectivity index (χ1v) is 12.3. The van der Waals surface area contributed by atoms with Crippen molar-refractivity contribution in [3.63, 3.8) is 0 Å². The minimum absolute atomic E-state index is 0.00634. The van der Waals surface area contributed by atoms with Gasteiger partial charge in [0.25, 0.3) is 5.91 Å². The van der Waals surface area contributed by atoms with Gasteiger partial charge in [-0.1, -0.05) is 23.7 Å². The maximum absolute atomic E-state index is 13.2. The first-order chi connectivity index (χ1) is 16.5. The zero-order valence-corrected chi connectivity index (χ0v) is 19.4. The van der Waals surface area contributed by atoms with Crippen molar-refractivity contribution in [1.29, 1.82) is 0 Å². The molecule has 1 N–H and O–H groups in total. The summed E-state index contributed by atoms with van der Waals surface area (Å²) < 4.78 is 5.45. The lowest BCUT2D eigenvalue weighted by molar-refractivity contribution is -0.145. The second-order valence-electron chi connectivity index (χ2n) is 9.75. The van der Waals surface area contributed by atoms with Crippen molar-refractivity contribution >= 4 is 40.8 Å². The third-order valence-corrected chi connectivity index (χ3v) is 8.14. The minimum Gasteiger partial charge on any atom is -0.462 e. The van der Waals surface area contributed by atoms with Crippen molar-refractivity contribution in [3.8, 4) is 0 Å². The predicted octanol–water partition coefficient (Wildman–Crippen LogP) is 3.44. The summed E-state index contributed by atoms with van der Waals surface area (Å²) in [7, 11) is 0. The van der Waals surface area contributed by atoms with Crippen molar-refractivity contribution < 1.29 is 19.1 Å². The third kappa shape index (κ3) is 3.63. The fraction of sp³-hybridized carbons (Fsp3) is 0.423. The Morgan fingerprint density at radius 2 is 1.79 bits per heavy atom. The first kappa shape index (κ1) is 21.5. The SMILES string of the molecule is O=C(Nc1cccc(C(=O)N2CCN(c3cccc(Cl)c3)CC2)c1)C1C2CC3OC(=O)C1C3C2. The van der Waals surface area contributed by atoms with Gasteiger partial charge in [0, 0.05) is 54.1 Å². The molecule has 2 aliphatic heterocycles. The lowest BCUT2D eigenvalue weighted by atomic mass is 9.79. The number of hydrogen-bond donors (Lipinski definition) is 1. The number of amides is 2. The number of nitrogens with zero attached hydrogens (tertiary/aromatic N) is 2. The van der Waals surface area contributed by atoms with Gasteiger partial charge in [-0.2, -0.15) is 0 Å². The van der Waals surface area contributed by atoms with Crippen LogP contribution in [0.5, 0.6) is 0 Å². The van der Waals surface area contributed by atoms with Gasteiger partial charge in [-0.25, -0.2) is 0 Å². The molecular formula is C26H26ClN3O4. The van der Waals surface area contributed by atoms with Crippen molar-refractivity contribution in [2.75, 3.05) is 36.4 Å². The van der Waals surface area contributed by atoms with Crippen molar-refractivity contribution in [3.05, 3.63) is 59.1 Å². The van der Waals surface area contributed by atoms with Crippen molar-refractivity contribution in [2.45, 2.75) is 18.9 Å². The molecule has 5 unspecified atom stereocenters. The van der Waals surface area contributed by atoms with Crippen LogP contribution in [-0.2, 0) is 14.3 Å². The molecule has 2 aromatic rings. The highest BCUT2D eigenvalue weighted by Gasteiger charge is 2.63. The molecule has 5 atom stereocenters. The van der Waals surface area contributed by atoms with E-state index in [0.29, 0.717) is 29.4 Å². The monoisotopic (exact) mass is 479 g/mol. The van der Waals surface area contributed by atoms with Crippen LogP contribution in [0.25, 0.3) is 0 Å². The van der Waals surface area contributed by atoms with Gasteiger partial charge in [-0.05, 0) is 55.2 Å². The predicted molar refractivity (Wildman–Crippen MR) is 128 cm³/mol. The molecule has 0 aromatic heterocycles. The number of esters is 1. The highest BCUT2D eigenvalue weighted by molar-refractivity contribution is 6.30. The smallest absolute Gasteiger partial charge is 0.310 e. The molecule has 2 aromatic carbocycles. The average Bonchev–Trinajstić information content (AvgIpc) is 3.47. The quantitative estimate of drug-likeness (QED) is 0.680. The molecule has 2 saturated carbocycles. The van der Waals surface area contributed by atoms with E-state index in [0.717, 1.165) is 31.6 Å². The number of halogens is 1. The summed E-state index contributed by atoms with van der Waals surface area (Å²) >= 11 is 6.12. The molecule has 176 valence electrons. The summed E-state index contributed by atoms with van der Waals surface area (Å²) in [4.78, 5) is 42.5. The fourth-order valence-electron chi connectivity index (χ4n) is 6.34. The molecule has 8 heteroatoms. The third-order valence-electron chi connectivity index (χ3n) is 7.90. The maximum atomic E-state index is 13.2. The lowest BCUT2D eigenvalue weighted by Gasteiger charge is -2.36. The topological polar surface area (TPSA) is 79.0 Å². The number of ether oxygens (including phenoxy) is 1. The van der Waals surface area contributed by atoms with Crippen LogP contribution in [0.2, 0.25) is 5.02 Å². The number of benzene rings is 2. The number of anilines is 2. The van der Waals surface area contributed by atoms with E-state index in [1.165, 1.54) is 0 Å². The number of fused-ring (bicyclic) bond motifs is 1. The molecule has 4 aliphatic rings. The Balaban J connectivity index is 1.10. The molecule has 2 aliphatic carbocycles. The van der Waals surface area contributed by atoms with Crippen LogP contribution < -0.4 is 10.2 Å². The number of nitrogens with one attached hydrogen (secondary N) is 1.